The molecule has 208 valence electrons. The zero-order valence-electron chi connectivity index (χ0n) is 21.5. The largest absolute Gasteiger partial charge is 0.462 e. The Morgan fingerprint density at radius 1 is 1.33 bits per heavy atom. The lowest BCUT2D eigenvalue weighted by Crippen LogP contribution is -2.46. The minimum atomic E-state index is -3.44. The first-order valence-corrected chi connectivity index (χ1v) is 14.7. The van der Waals surface area contributed by atoms with Gasteiger partial charge >= 0.3 is 12.6 Å². The number of ether oxygens (including phenoxy) is 2. The fraction of sp³-hybridized carbons (Fsp3) is 0.400. The van der Waals surface area contributed by atoms with Gasteiger partial charge in [-0.2, -0.15) is 0 Å². The molecule has 2 unspecified atom stereocenters. The lowest BCUT2D eigenvalue weighted by atomic mass is 9.95. The van der Waals surface area contributed by atoms with Crippen LogP contribution in [0.2, 0.25) is 0 Å². The zero-order valence-corrected chi connectivity index (χ0v) is 23.2. The lowest BCUT2D eigenvalue weighted by Gasteiger charge is -2.28. The lowest BCUT2D eigenvalue weighted by molar-refractivity contribution is -0.149. The number of carbonyl (C=O) groups excluding carboxylic acids is 1. The number of hydrogen-bond acceptors (Lipinski definition) is 11. The van der Waals surface area contributed by atoms with Crippen LogP contribution < -0.4 is 15.3 Å². The van der Waals surface area contributed by atoms with Crippen LogP contribution in [0.15, 0.2) is 48.9 Å². The second-order valence-corrected chi connectivity index (χ2v) is 12.3. The van der Waals surface area contributed by atoms with Gasteiger partial charge in [-0.15, -0.1) is 6.42 Å². The van der Waals surface area contributed by atoms with E-state index in [0.717, 1.165) is 0 Å². The predicted octanol–water partition coefficient (Wildman–Crippen LogP) is 1.89. The number of esters is 1. The molecule has 0 bridgehead atoms. The number of hydrogen-bond donors (Lipinski definition) is 4. The molecule has 1 aliphatic rings. The Morgan fingerprint density at radius 2 is 2.05 bits per heavy atom. The van der Waals surface area contributed by atoms with Crippen molar-refractivity contribution in [3.8, 4) is 18.1 Å². The Kier molecular flexibility index (Phi) is 8.58. The van der Waals surface area contributed by atoms with E-state index in [2.05, 4.69) is 21.0 Å². The van der Waals surface area contributed by atoms with Crippen molar-refractivity contribution >= 4 is 41.3 Å². The summed E-state index contributed by atoms with van der Waals surface area (Å²) in [4.78, 5) is 21.0. The van der Waals surface area contributed by atoms with E-state index in [-0.39, 0.29) is 12.7 Å². The van der Waals surface area contributed by atoms with Crippen molar-refractivity contribution in [2.45, 2.75) is 57.0 Å². The molecule has 3 heterocycles. The second kappa shape index (κ2) is 11.6. The van der Waals surface area contributed by atoms with Gasteiger partial charge in [-0.1, -0.05) is 24.1 Å². The van der Waals surface area contributed by atoms with Gasteiger partial charge in [-0.05, 0) is 50.8 Å². The Hall–Kier alpha value is -3.08. The maximum atomic E-state index is 12.5. The van der Waals surface area contributed by atoms with Crippen molar-refractivity contribution in [2.24, 2.45) is 0 Å². The van der Waals surface area contributed by atoms with E-state index in [0.29, 0.717) is 22.6 Å². The maximum Gasteiger partial charge on any atom is 0.323 e. The average Bonchev–Trinajstić information content (AvgIpc) is 3.43. The minimum Gasteiger partial charge on any atom is -0.462 e. The highest BCUT2D eigenvalue weighted by atomic mass is 32.5. The number of anilines is 1. The van der Waals surface area contributed by atoms with Gasteiger partial charge in [-0.25, -0.2) is 15.1 Å². The number of nitrogens with two attached hydrogens (primary N) is 1. The van der Waals surface area contributed by atoms with Crippen molar-refractivity contribution in [2.75, 3.05) is 12.3 Å². The number of rotatable bonds is 10. The van der Waals surface area contributed by atoms with Crippen molar-refractivity contribution in [1.82, 2.24) is 19.6 Å². The molecule has 6 atom stereocenters. The van der Waals surface area contributed by atoms with Crippen LogP contribution in [0.5, 0.6) is 5.75 Å². The van der Waals surface area contributed by atoms with Crippen LogP contribution in [0.4, 0.5) is 5.69 Å². The summed E-state index contributed by atoms with van der Waals surface area (Å²) >= 11 is 5.71. The van der Waals surface area contributed by atoms with Gasteiger partial charge in [0.2, 0.25) is 0 Å². The average molecular weight is 576 g/mol. The molecular formula is C25H30N5O7PS. The molecule has 12 nitrogen and oxygen atoms in total. The number of pyridine rings is 1. The molecule has 1 aliphatic heterocycles. The van der Waals surface area contributed by atoms with Gasteiger partial charge in [-0.3, -0.25) is 9.36 Å². The maximum absolute atomic E-state index is 12.5. The number of para-hydroxylation sites is 1. The third-order valence-electron chi connectivity index (χ3n) is 5.89. The summed E-state index contributed by atoms with van der Waals surface area (Å²) in [5, 5.41) is 25.2. The number of aliphatic hydroxyl groups excluding tert-OH is 1. The van der Waals surface area contributed by atoms with Gasteiger partial charge in [0.1, 0.15) is 29.5 Å². The van der Waals surface area contributed by atoms with E-state index < -0.39 is 42.7 Å². The molecular weight excluding hydrogens is 545 g/mol. The van der Waals surface area contributed by atoms with Crippen LogP contribution in [0.3, 0.4) is 0 Å². The Morgan fingerprint density at radius 3 is 2.72 bits per heavy atom. The predicted molar refractivity (Wildman–Crippen MR) is 147 cm³/mol. The van der Waals surface area contributed by atoms with Gasteiger partial charge in [0, 0.05) is 6.20 Å². The number of benzene rings is 1. The summed E-state index contributed by atoms with van der Waals surface area (Å²) in [6.45, 7) is 1.25. The summed E-state index contributed by atoms with van der Waals surface area (Å²) in [5.74, 6) is 2.09. The first-order valence-electron chi connectivity index (χ1n) is 12.1. The molecule has 0 spiro atoms. The number of imidazole rings is 1. The van der Waals surface area contributed by atoms with Crippen LogP contribution in [-0.4, -0.2) is 67.3 Å². The monoisotopic (exact) mass is 575 g/mol. The van der Waals surface area contributed by atoms with Gasteiger partial charge in [0.15, 0.2) is 17.5 Å². The molecule has 3 aromatic rings. The SMILES string of the molecule is C#C[C@@]1(O)[C@H](O)[C@@H](COP(=S)(NC(C)C(=O)OC(C)C)Oc2ccccc2)O[C@H]1n1cnc2c(N)ccnc21. The summed E-state index contributed by atoms with van der Waals surface area (Å²) in [7, 11) is 0. The quantitative estimate of drug-likeness (QED) is 0.158. The molecule has 0 amide bonds. The molecule has 1 aromatic carbocycles. The van der Waals surface area contributed by atoms with Crippen molar-refractivity contribution in [1.29, 1.82) is 0 Å². The molecule has 1 fully saturated rings. The molecule has 1 saturated heterocycles. The Balaban J connectivity index is 1.57. The third kappa shape index (κ3) is 6.08. The Bertz CT molecular complexity index is 1410. The number of aliphatic hydroxyl groups is 2. The van der Waals surface area contributed by atoms with Crippen LogP contribution in [0.1, 0.15) is 27.0 Å². The second-order valence-electron chi connectivity index (χ2n) is 9.20. The molecule has 0 aliphatic carbocycles. The summed E-state index contributed by atoms with van der Waals surface area (Å²) in [6.07, 6.45) is 4.16. The van der Waals surface area contributed by atoms with Crippen molar-refractivity contribution < 1.29 is 33.5 Å². The van der Waals surface area contributed by atoms with Crippen LogP contribution in [0.25, 0.3) is 11.2 Å². The van der Waals surface area contributed by atoms with Crippen LogP contribution >= 0.6 is 6.64 Å². The van der Waals surface area contributed by atoms with Crippen molar-refractivity contribution in [3.05, 3.63) is 48.9 Å². The molecule has 14 heteroatoms. The van der Waals surface area contributed by atoms with Gasteiger partial charge < -0.3 is 34.5 Å². The molecule has 0 radical (unpaired) electrons. The smallest absolute Gasteiger partial charge is 0.323 e. The summed E-state index contributed by atoms with van der Waals surface area (Å²) in [6, 6.07) is 9.38. The van der Waals surface area contributed by atoms with E-state index in [1.54, 1.807) is 57.2 Å². The van der Waals surface area contributed by atoms with E-state index in [1.807, 2.05) is 0 Å². The van der Waals surface area contributed by atoms with Crippen molar-refractivity contribution in [3.63, 3.8) is 0 Å². The summed E-state index contributed by atoms with van der Waals surface area (Å²) < 4.78 is 24.6. The zero-order chi connectivity index (χ0) is 28.4. The molecule has 4 rings (SSSR count). The standard InChI is InChI=1S/C25H30N5O7PS/c1-5-25(33)21(31)19(36-24(25)30-14-28-20-18(26)11-12-27-22(20)30)13-34-38(39,37-17-9-7-6-8-10-17)29-16(4)23(32)35-15(2)3/h1,6-12,14-16,19,21,24,31,33H,13H2,2-4H3,(H2,26,27)(H,29,39)/t16?,19-,21-,24-,25-,38?/m1/s1. The highest BCUT2D eigenvalue weighted by Gasteiger charge is 2.56. The van der Waals surface area contributed by atoms with E-state index >= 15 is 0 Å². The van der Waals surface area contributed by atoms with Gasteiger partial charge in [0.25, 0.3) is 0 Å². The third-order valence-corrected chi connectivity index (χ3v) is 8.39. The van der Waals surface area contributed by atoms with E-state index in [9.17, 15) is 15.0 Å². The fourth-order valence-electron chi connectivity index (χ4n) is 3.97. The number of nitrogen functional groups attached to an aromatic ring is 1. The number of aromatic nitrogens is 3. The van der Waals surface area contributed by atoms with E-state index in [1.165, 1.54) is 17.1 Å². The first-order chi connectivity index (χ1) is 18.5. The fourth-order valence-corrected chi connectivity index (χ4v) is 6.39. The van der Waals surface area contributed by atoms with Crippen LogP contribution in [-0.2, 0) is 30.6 Å². The molecule has 39 heavy (non-hydrogen) atoms. The number of fused-ring (bicyclic) bond motifs is 1. The molecule has 0 saturated carbocycles. The van der Waals surface area contributed by atoms with Gasteiger partial charge in [0.05, 0.1) is 24.7 Å². The first kappa shape index (κ1) is 28.9. The number of nitrogens with one attached hydrogen (secondary N) is 1. The molecule has 2 aromatic heterocycles. The van der Waals surface area contributed by atoms with E-state index in [4.69, 9.17) is 42.5 Å². The number of terminal acetylenes is 1. The summed E-state index contributed by atoms with van der Waals surface area (Å²) in [5.41, 5.74) is 4.87. The topological polar surface area (TPSA) is 163 Å². The molecule has 5 N–H and O–H groups in total. The minimum absolute atomic E-state index is 0.305. The highest BCUT2D eigenvalue weighted by molar-refractivity contribution is 8.09. The normalized spacial score (nSPS) is 25.2. The number of nitrogens with zero attached hydrogens (tertiary/aromatic N) is 3. The highest BCUT2D eigenvalue weighted by Crippen LogP contribution is 2.47. The Labute approximate surface area is 230 Å². The number of carbonyl (C=O) groups is 1. The van der Waals surface area contributed by atoms with Crippen LogP contribution in [0, 0.1) is 12.3 Å².